The van der Waals surface area contributed by atoms with E-state index in [4.69, 9.17) is 0 Å². The van der Waals surface area contributed by atoms with Crippen LogP contribution in [-0.4, -0.2) is 33.7 Å². The number of hydrogen-bond donors (Lipinski definition) is 1. The number of piperidine rings is 1. The second kappa shape index (κ2) is 7.53. The molecular formula is C13H20I2N2O2. The van der Waals surface area contributed by atoms with Gasteiger partial charge in [-0.2, -0.15) is 0 Å². The second-order valence-electron chi connectivity index (χ2n) is 5.56. The number of rotatable bonds is 3. The SMILES string of the molecule is O=C(I)C1CCC(C(=O)N2CCC(NI)CC2)CC1. The van der Waals surface area contributed by atoms with Crippen molar-refractivity contribution in [3.05, 3.63) is 0 Å². The summed E-state index contributed by atoms with van der Waals surface area (Å²) in [6, 6.07) is 0.553. The van der Waals surface area contributed by atoms with Crippen molar-refractivity contribution in [2.24, 2.45) is 11.8 Å². The van der Waals surface area contributed by atoms with Gasteiger partial charge in [0.15, 0.2) is 3.79 Å². The van der Waals surface area contributed by atoms with Crippen LogP contribution in [-0.2, 0) is 9.59 Å². The Hall–Kier alpha value is 0.560. The first-order chi connectivity index (χ1) is 9.11. The third-order valence-corrected chi connectivity index (χ3v) is 6.12. The Balaban J connectivity index is 1.80. The first kappa shape index (κ1) is 15.9. The molecule has 0 unspecified atom stereocenters. The minimum absolute atomic E-state index is 0.163. The maximum Gasteiger partial charge on any atom is 0.225 e. The molecule has 1 N–H and O–H groups in total. The highest BCUT2D eigenvalue weighted by Gasteiger charge is 2.32. The number of nitrogens with zero attached hydrogens (tertiary/aromatic N) is 1. The molecule has 0 aromatic carbocycles. The van der Waals surface area contributed by atoms with Crippen LogP contribution >= 0.6 is 45.5 Å². The van der Waals surface area contributed by atoms with Gasteiger partial charge in [-0.25, -0.2) is 0 Å². The smallest absolute Gasteiger partial charge is 0.225 e. The van der Waals surface area contributed by atoms with Crippen LogP contribution in [0.25, 0.3) is 0 Å². The minimum Gasteiger partial charge on any atom is -0.342 e. The lowest BCUT2D eigenvalue weighted by Gasteiger charge is -2.35. The van der Waals surface area contributed by atoms with Crippen LogP contribution in [0.2, 0.25) is 0 Å². The zero-order valence-corrected chi connectivity index (χ0v) is 15.2. The molecule has 4 nitrogen and oxygen atoms in total. The van der Waals surface area contributed by atoms with E-state index in [9.17, 15) is 9.59 Å². The summed E-state index contributed by atoms with van der Waals surface area (Å²) in [5, 5.41) is 0. The Morgan fingerprint density at radius 3 is 1.95 bits per heavy atom. The highest BCUT2D eigenvalue weighted by Crippen LogP contribution is 2.32. The Morgan fingerprint density at radius 1 is 0.947 bits per heavy atom. The van der Waals surface area contributed by atoms with Gasteiger partial charge in [0.2, 0.25) is 5.91 Å². The first-order valence-corrected chi connectivity index (χ1v) is 9.12. The molecule has 0 aromatic heterocycles. The molecule has 0 atom stereocenters. The summed E-state index contributed by atoms with van der Waals surface area (Å²) in [7, 11) is 0. The van der Waals surface area contributed by atoms with E-state index in [1.807, 2.05) is 27.5 Å². The van der Waals surface area contributed by atoms with Crippen molar-refractivity contribution >= 4 is 55.2 Å². The molecule has 0 radical (unpaired) electrons. The Kier molecular flexibility index (Phi) is 6.32. The molecule has 1 amide bonds. The number of halogens is 2. The van der Waals surface area contributed by atoms with Crippen molar-refractivity contribution < 1.29 is 9.59 Å². The van der Waals surface area contributed by atoms with Gasteiger partial charge in [0.1, 0.15) is 0 Å². The fourth-order valence-electron chi connectivity index (χ4n) is 3.03. The molecule has 0 bridgehead atoms. The minimum atomic E-state index is 0.163. The predicted octanol–water partition coefficient (Wildman–Crippen LogP) is 2.69. The van der Waals surface area contributed by atoms with E-state index in [1.165, 1.54) is 0 Å². The zero-order chi connectivity index (χ0) is 13.8. The van der Waals surface area contributed by atoms with Crippen molar-refractivity contribution in [2.75, 3.05) is 13.1 Å². The molecule has 2 rings (SSSR count). The van der Waals surface area contributed by atoms with Gasteiger partial charge >= 0.3 is 0 Å². The highest BCUT2D eigenvalue weighted by atomic mass is 127. The van der Waals surface area contributed by atoms with Gasteiger partial charge in [-0.1, -0.05) is 0 Å². The van der Waals surface area contributed by atoms with E-state index in [0.29, 0.717) is 11.9 Å². The topological polar surface area (TPSA) is 49.4 Å². The van der Waals surface area contributed by atoms with E-state index in [2.05, 4.69) is 26.4 Å². The van der Waals surface area contributed by atoms with Crippen molar-refractivity contribution in [3.63, 3.8) is 0 Å². The summed E-state index contributed by atoms with van der Waals surface area (Å²) in [5.74, 6) is 0.681. The lowest BCUT2D eigenvalue weighted by atomic mass is 9.82. The first-order valence-electron chi connectivity index (χ1n) is 6.96. The lowest BCUT2D eigenvalue weighted by molar-refractivity contribution is -0.138. The summed E-state index contributed by atoms with van der Waals surface area (Å²) < 4.78 is 3.52. The standard InChI is InChI=1S/C13H20I2N2O2/c14-12(18)9-1-3-10(4-2-9)13(19)17-7-5-11(16-15)6-8-17/h9-11,16H,1-8H2. The van der Waals surface area contributed by atoms with Crippen molar-refractivity contribution in [1.82, 2.24) is 8.43 Å². The Labute approximate surface area is 142 Å². The van der Waals surface area contributed by atoms with Gasteiger partial charge in [0.05, 0.1) is 0 Å². The average Bonchev–Trinajstić information content (AvgIpc) is 2.46. The van der Waals surface area contributed by atoms with Crippen LogP contribution < -0.4 is 3.53 Å². The average molecular weight is 490 g/mol. The monoisotopic (exact) mass is 490 g/mol. The number of amides is 1. The third-order valence-electron chi connectivity index (χ3n) is 4.36. The quantitative estimate of drug-likeness (QED) is 0.376. The second-order valence-corrected chi connectivity index (χ2v) is 7.25. The summed E-state index contributed by atoms with van der Waals surface area (Å²) >= 11 is 4.09. The van der Waals surface area contributed by atoms with Gasteiger partial charge in [0.25, 0.3) is 0 Å². The molecule has 6 heteroatoms. The van der Waals surface area contributed by atoms with Crippen molar-refractivity contribution in [2.45, 2.75) is 44.6 Å². The molecule has 1 saturated heterocycles. The van der Waals surface area contributed by atoms with Crippen LogP contribution in [0.15, 0.2) is 0 Å². The summed E-state index contributed by atoms with van der Waals surface area (Å²) in [5.41, 5.74) is 0. The van der Waals surface area contributed by atoms with E-state index >= 15 is 0 Å². The van der Waals surface area contributed by atoms with Gasteiger partial charge < -0.3 is 4.90 Å². The number of carbonyl (C=O) groups is 2. The van der Waals surface area contributed by atoms with Crippen LogP contribution in [0.4, 0.5) is 0 Å². The van der Waals surface area contributed by atoms with E-state index in [0.717, 1.165) is 51.6 Å². The van der Waals surface area contributed by atoms with E-state index in [1.54, 1.807) is 0 Å². The normalized spacial score (nSPS) is 29.3. The zero-order valence-electron chi connectivity index (χ0n) is 10.9. The highest BCUT2D eigenvalue weighted by molar-refractivity contribution is 14.1. The number of nitrogens with one attached hydrogen (secondary N) is 1. The summed E-state index contributed by atoms with van der Waals surface area (Å²) in [6.45, 7) is 1.76. The van der Waals surface area contributed by atoms with Crippen LogP contribution in [0.3, 0.4) is 0 Å². The fraction of sp³-hybridized carbons (Fsp3) is 0.846. The van der Waals surface area contributed by atoms with Gasteiger partial charge in [-0.05, 0) is 61.1 Å². The molecule has 0 aromatic rings. The largest absolute Gasteiger partial charge is 0.342 e. The fourth-order valence-corrected chi connectivity index (χ4v) is 4.28. The number of hydrogen-bond acceptors (Lipinski definition) is 3. The molecule has 0 spiro atoms. The van der Waals surface area contributed by atoms with Crippen molar-refractivity contribution in [1.29, 1.82) is 0 Å². The molecule has 1 aliphatic heterocycles. The van der Waals surface area contributed by atoms with Crippen LogP contribution in [0.1, 0.15) is 38.5 Å². The van der Waals surface area contributed by atoms with E-state index < -0.39 is 0 Å². The lowest BCUT2D eigenvalue weighted by Crippen LogP contribution is -2.45. The molecule has 1 saturated carbocycles. The van der Waals surface area contributed by atoms with Crippen LogP contribution in [0.5, 0.6) is 0 Å². The molecule has 19 heavy (non-hydrogen) atoms. The maximum absolute atomic E-state index is 12.4. The molecule has 2 aliphatic rings. The van der Waals surface area contributed by atoms with Crippen molar-refractivity contribution in [3.8, 4) is 0 Å². The van der Waals surface area contributed by atoms with Gasteiger partial charge in [-0.3, -0.25) is 13.1 Å². The molecule has 2 fully saturated rings. The summed E-state index contributed by atoms with van der Waals surface area (Å²) in [4.78, 5) is 25.8. The Bertz CT molecular complexity index is 336. The maximum atomic E-state index is 12.4. The summed E-state index contributed by atoms with van der Waals surface area (Å²) in [6.07, 6.45) is 5.67. The van der Waals surface area contributed by atoms with Gasteiger partial charge in [-0.15, -0.1) is 0 Å². The molecular weight excluding hydrogens is 470 g/mol. The predicted molar refractivity (Wildman–Crippen MR) is 91.2 cm³/mol. The number of likely N-dealkylation sites (tertiary alicyclic amines) is 1. The Morgan fingerprint density at radius 2 is 1.47 bits per heavy atom. The molecule has 1 heterocycles. The van der Waals surface area contributed by atoms with Crippen LogP contribution in [0, 0.1) is 11.8 Å². The molecule has 108 valence electrons. The van der Waals surface area contributed by atoms with E-state index in [-0.39, 0.29) is 15.6 Å². The molecule has 1 aliphatic carbocycles. The number of carbonyl (C=O) groups excluding carboxylic acids is 2. The third kappa shape index (κ3) is 4.26. The van der Waals surface area contributed by atoms with Gasteiger partial charge in [0, 0.05) is 53.8 Å².